The van der Waals surface area contributed by atoms with Crippen molar-refractivity contribution in [3.63, 3.8) is 0 Å². The molecule has 0 aliphatic heterocycles. The lowest BCUT2D eigenvalue weighted by molar-refractivity contribution is 0.318. The maximum Gasteiger partial charge on any atom is 0.0902 e. The molecule has 2 heteroatoms. The zero-order valence-corrected chi connectivity index (χ0v) is 15.3. The molecule has 1 aliphatic rings. The van der Waals surface area contributed by atoms with E-state index in [-0.39, 0.29) is 6.61 Å². The quantitative estimate of drug-likeness (QED) is 0.387. The molecule has 1 aliphatic carbocycles. The third-order valence-electron chi connectivity index (χ3n) is 4.68. The van der Waals surface area contributed by atoms with Crippen molar-refractivity contribution in [2.45, 2.75) is 32.6 Å². The van der Waals surface area contributed by atoms with E-state index in [4.69, 9.17) is 5.11 Å². The van der Waals surface area contributed by atoms with Gasteiger partial charge in [-0.15, -0.1) is 0 Å². The zero-order valence-electron chi connectivity index (χ0n) is 15.3. The Hall–Kier alpha value is -2.58. The van der Waals surface area contributed by atoms with Crippen molar-refractivity contribution in [3.05, 3.63) is 84.3 Å². The van der Waals surface area contributed by atoms with E-state index in [0.29, 0.717) is 0 Å². The van der Waals surface area contributed by atoms with Gasteiger partial charge >= 0.3 is 0 Å². The number of rotatable bonds is 0. The lowest BCUT2D eigenvalue weighted by Crippen LogP contribution is -2.02. The largest absolute Gasteiger partial charge is 0.473 e. The zero-order chi connectivity index (χ0) is 18.2. The fourth-order valence-electron chi connectivity index (χ4n) is 3.57. The molecular weight excluding hydrogens is 320 g/mol. The van der Waals surface area contributed by atoms with Crippen molar-refractivity contribution >= 4 is 21.5 Å². The van der Waals surface area contributed by atoms with Crippen LogP contribution in [0.1, 0.15) is 30.9 Å². The number of aliphatic hydroxyl groups excluding tert-OH is 1. The van der Waals surface area contributed by atoms with E-state index >= 15 is 0 Å². The van der Waals surface area contributed by atoms with E-state index in [0.717, 1.165) is 0 Å². The Balaban J connectivity index is 0.000000207. The van der Waals surface area contributed by atoms with Crippen LogP contribution < -0.4 is 0 Å². The van der Waals surface area contributed by atoms with Gasteiger partial charge in [-0.25, -0.2) is 0 Å². The molecular formula is C24H26O2. The Bertz CT molecular complexity index is 922. The molecule has 0 bridgehead atoms. The van der Waals surface area contributed by atoms with Crippen LogP contribution in [0, 0.1) is 0 Å². The van der Waals surface area contributed by atoms with Crippen molar-refractivity contribution in [2.75, 3.05) is 6.61 Å². The molecule has 1 aromatic heterocycles. The topological polar surface area (TPSA) is 33.4 Å². The molecule has 0 radical (unpaired) electrons. The molecule has 3 aromatic carbocycles. The number of aliphatic hydroxyl groups is 1. The van der Waals surface area contributed by atoms with E-state index in [1.54, 1.807) is 30.6 Å². The molecule has 1 N–H and O–H groups in total. The van der Waals surface area contributed by atoms with Gasteiger partial charge in [-0.2, -0.15) is 0 Å². The van der Waals surface area contributed by atoms with E-state index in [9.17, 15) is 0 Å². The second-order valence-electron chi connectivity index (χ2n) is 6.40. The molecule has 0 atom stereocenters. The molecule has 5 rings (SSSR count). The van der Waals surface area contributed by atoms with Gasteiger partial charge in [-0.05, 0) is 77.4 Å². The van der Waals surface area contributed by atoms with Crippen molar-refractivity contribution < 1.29 is 9.52 Å². The molecule has 0 saturated carbocycles. The van der Waals surface area contributed by atoms with Crippen LogP contribution in [-0.4, -0.2) is 11.7 Å². The summed E-state index contributed by atoms with van der Waals surface area (Å²) < 4.78 is 4.58. The van der Waals surface area contributed by atoms with Crippen LogP contribution in [-0.2, 0) is 12.8 Å². The molecule has 2 nitrogen and oxygen atoms in total. The summed E-state index contributed by atoms with van der Waals surface area (Å²) in [6.07, 6.45) is 8.47. The summed E-state index contributed by atoms with van der Waals surface area (Å²) in [5, 5.41) is 13.2. The highest BCUT2D eigenvalue weighted by molar-refractivity contribution is 6.08. The Morgan fingerprint density at radius 1 is 0.769 bits per heavy atom. The first-order chi connectivity index (χ1) is 12.8. The van der Waals surface area contributed by atoms with Crippen LogP contribution in [0.15, 0.2) is 77.6 Å². The van der Waals surface area contributed by atoms with Gasteiger partial charge in [0.25, 0.3) is 0 Å². The highest BCUT2D eigenvalue weighted by atomic mass is 16.3. The number of hydrogen-bond donors (Lipinski definition) is 1. The van der Waals surface area contributed by atoms with Crippen LogP contribution >= 0.6 is 0 Å². The lowest BCUT2D eigenvalue weighted by atomic mass is 9.86. The monoisotopic (exact) mass is 346 g/mol. The number of hydrogen-bond acceptors (Lipinski definition) is 2. The summed E-state index contributed by atoms with van der Waals surface area (Å²) in [6, 6.07) is 21.6. The summed E-state index contributed by atoms with van der Waals surface area (Å²) in [5.41, 5.74) is 3.17. The van der Waals surface area contributed by atoms with Gasteiger partial charge < -0.3 is 9.52 Å². The maximum absolute atomic E-state index is 7.57. The number of benzene rings is 3. The van der Waals surface area contributed by atoms with Gasteiger partial charge in [0.1, 0.15) is 0 Å². The summed E-state index contributed by atoms with van der Waals surface area (Å²) in [6.45, 7) is 1.93. The summed E-state index contributed by atoms with van der Waals surface area (Å²) >= 11 is 0. The fraction of sp³-hybridized carbons (Fsp3) is 0.250. The van der Waals surface area contributed by atoms with Gasteiger partial charge in [0.15, 0.2) is 0 Å². The summed E-state index contributed by atoms with van der Waals surface area (Å²) in [5.74, 6) is 0. The smallest absolute Gasteiger partial charge is 0.0902 e. The predicted molar refractivity (Wildman–Crippen MR) is 110 cm³/mol. The van der Waals surface area contributed by atoms with E-state index < -0.39 is 0 Å². The van der Waals surface area contributed by atoms with Crippen molar-refractivity contribution in [2.24, 2.45) is 0 Å². The van der Waals surface area contributed by atoms with Crippen LogP contribution in [0.2, 0.25) is 0 Å². The number of furan rings is 1. The first kappa shape index (κ1) is 18.2. The molecule has 0 spiro atoms. The SMILES string of the molecule is CCO.c1ccc2c(c1)ccc1c3c(ccc12)CCCC3.c1ccoc1. The third-order valence-corrected chi connectivity index (χ3v) is 4.68. The van der Waals surface area contributed by atoms with E-state index in [2.05, 4.69) is 52.9 Å². The molecule has 0 amide bonds. The van der Waals surface area contributed by atoms with Crippen LogP contribution in [0.4, 0.5) is 0 Å². The summed E-state index contributed by atoms with van der Waals surface area (Å²) in [4.78, 5) is 0. The van der Waals surface area contributed by atoms with Crippen molar-refractivity contribution in [1.82, 2.24) is 0 Å². The third kappa shape index (κ3) is 4.14. The minimum absolute atomic E-state index is 0.250. The molecule has 4 aromatic rings. The Morgan fingerprint density at radius 3 is 2.19 bits per heavy atom. The molecule has 26 heavy (non-hydrogen) atoms. The second kappa shape index (κ2) is 9.21. The van der Waals surface area contributed by atoms with Gasteiger partial charge in [-0.1, -0.05) is 48.5 Å². The van der Waals surface area contributed by atoms with Gasteiger partial charge in [0, 0.05) is 6.61 Å². The molecule has 134 valence electrons. The fourth-order valence-corrected chi connectivity index (χ4v) is 3.57. The Kier molecular flexibility index (Phi) is 6.45. The molecule has 0 fully saturated rings. The predicted octanol–water partition coefficient (Wildman–Crippen LogP) is 6.15. The standard InChI is InChI=1S/C18H16.C4H4O.C2H6O/c1-3-7-15-13(5-1)9-11-18-16-8-4-2-6-14(16)10-12-17(15)18;1-2-4-5-3-1;1-2-3/h1,3,5,7,9-12H,2,4,6,8H2;1-4H;3H,2H2,1H3. The van der Waals surface area contributed by atoms with Gasteiger partial charge in [0.05, 0.1) is 12.5 Å². The van der Waals surface area contributed by atoms with E-state index in [1.807, 2.05) is 12.1 Å². The highest BCUT2D eigenvalue weighted by Gasteiger charge is 2.13. The Labute approximate surface area is 155 Å². The maximum atomic E-state index is 7.57. The molecule has 1 heterocycles. The number of fused-ring (bicyclic) bond motifs is 5. The molecule has 0 saturated heterocycles. The molecule has 0 unspecified atom stereocenters. The van der Waals surface area contributed by atoms with E-state index in [1.165, 1.54) is 47.2 Å². The van der Waals surface area contributed by atoms with Gasteiger partial charge in [-0.3, -0.25) is 0 Å². The average molecular weight is 346 g/mol. The van der Waals surface area contributed by atoms with Crippen LogP contribution in [0.25, 0.3) is 21.5 Å². The minimum Gasteiger partial charge on any atom is -0.473 e. The van der Waals surface area contributed by atoms with Gasteiger partial charge in [0.2, 0.25) is 0 Å². The first-order valence-corrected chi connectivity index (χ1v) is 9.35. The number of aryl methyl sites for hydroxylation is 2. The average Bonchev–Trinajstić information content (AvgIpc) is 3.28. The highest BCUT2D eigenvalue weighted by Crippen LogP contribution is 2.33. The van der Waals surface area contributed by atoms with Crippen LogP contribution in [0.5, 0.6) is 0 Å². The minimum atomic E-state index is 0.250. The normalized spacial score (nSPS) is 12.5. The van der Waals surface area contributed by atoms with Crippen LogP contribution in [0.3, 0.4) is 0 Å². The lowest BCUT2D eigenvalue weighted by Gasteiger charge is -2.18. The van der Waals surface area contributed by atoms with Crippen molar-refractivity contribution in [1.29, 1.82) is 0 Å². The Morgan fingerprint density at radius 2 is 1.46 bits per heavy atom. The van der Waals surface area contributed by atoms with Crippen molar-refractivity contribution in [3.8, 4) is 0 Å². The first-order valence-electron chi connectivity index (χ1n) is 9.35. The summed E-state index contributed by atoms with van der Waals surface area (Å²) in [7, 11) is 0. The second-order valence-corrected chi connectivity index (χ2v) is 6.40.